The second-order valence-corrected chi connectivity index (χ2v) is 5.97. The molecule has 0 saturated carbocycles. The summed E-state index contributed by atoms with van der Waals surface area (Å²) in [6.07, 6.45) is 1.70. The molecule has 6 nitrogen and oxygen atoms in total. The molecule has 1 aliphatic heterocycles. The van der Waals surface area contributed by atoms with E-state index in [-0.39, 0.29) is 5.91 Å². The summed E-state index contributed by atoms with van der Waals surface area (Å²) < 4.78 is 0. The molecule has 122 valence electrons. The number of nitrogens with zero attached hydrogens (tertiary/aromatic N) is 3. The number of aromatic nitrogens is 2. The van der Waals surface area contributed by atoms with Gasteiger partial charge in [0.2, 0.25) is 5.91 Å². The minimum absolute atomic E-state index is 0.134. The Bertz CT molecular complexity index is 638. The highest BCUT2D eigenvalue weighted by atomic mass is 35.5. The molecule has 7 heteroatoms. The Hall–Kier alpha value is -2.05. The largest absolute Gasteiger partial charge is 0.368 e. The molecule has 1 aromatic heterocycles. The lowest BCUT2D eigenvalue weighted by atomic mass is 10.2. The summed E-state index contributed by atoms with van der Waals surface area (Å²) in [4.78, 5) is 16.4. The lowest BCUT2D eigenvalue weighted by molar-refractivity contribution is -0.130. The summed E-state index contributed by atoms with van der Waals surface area (Å²) in [5, 5.41) is 10.6. The average Bonchev–Trinajstić information content (AvgIpc) is 3.08. The molecule has 2 N–H and O–H groups in total. The van der Waals surface area contributed by atoms with E-state index < -0.39 is 0 Å². The number of piperazine rings is 1. The predicted octanol–water partition coefficient (Wildman–Crippen LogP) is 1.50. The molecule has 1 fully saturated rings. The number of hydrogen-bond donors (Lipinski definition) is 2. The Morgan fingerprint density at radius 3 is 2.78 bits per heavy atom. The van der Waals surface area contributed by atoms with E-state index in [0.29, 0.717) is 13.1 Å². The van der Waals surface area contributed by atoms with Gasteiger partial charge in [-0.15, -0.1) is 0 Å². The highest BCUT2D eigenvalue weighted by molar-refractivity contribution is 6.30. The van der Waals surface area contributed by atoms with Gasteiger partial charge in [-0.2, -0.15) is 5.10 Å². The maximum absolute atomic E-state index is 12.2. The Morgan fingerprint density at radius 1 is 1.26 bits per heavy atom. The quantitative estimate of drug-likeness (QED) is 0.870. The van der Waals surface area contributed by atoms with Crippen molar-refractivity contribution in [1.29, 1.82) is 0 Å². The summed E-state index contributed by atoms with van der Waals surface area (Å²) in [5.74, 6) is 0.134. The lowest BCUT2D eigenvalue weighted by Gasteiger charge is -2.36. The third-order valence-electron chi connectivity index (χ3n) is 3.96. The Kier molecular flexibility index (Phi) is 5.15. The summed E-state index contributed by atoms with van der Waals surface area (Å²) in [7, 11) is 0. The fraction of sp³-hybridized carbons (Fsp3) is 0.375. The molecule has 0 bridgehead atoms. The second-order valence-electron chi connectivity index (χ2n) is 5.53. The van der Waals surface area contributed by atoms with Gasteiger partial charge in [0, 0.05) is 55.3 Å². The van der Waals surface area contributed by atoms with E-state index >= 15 is 0 Å². The molecule has 0 spiro atoms. The van der Waals surface area contributed by atoms with E-state index in [2.05, 4.69) is 26.5 Å². The SMILES string of the molecule is O=C(CNCc1ccn[nH]1)N1CCN(c2cccc(Cl)c2)CC1. The smallest absolute Gasteiger partial charge is 0.236 e. The van der Waals surface area contributed by atoms with Crippen molar-refractivity contribution in [1.82, 2.24) is 20.4 Å². The monoisotopic (exact) mass is 333 g/mol. The third kappa shape index (κ3) is 4.24. The zero-order valence-corrected chi connectivity index (χ0v) is 13.6. The van der Waals surface area contributed by atoms with E-state index in [1.165, 1.54) is 0 Å². The van der Waals surface area contributed by atoms with Gasteiger partial charge in [0.1, 0.15) is 0 Å². The van der Waals surface area contributed by atoms with Crippen LogP contribution in [0.1, 0.15) is 5.69 Å². The molecule has 23 heavy (non-hydrogen) atoms. The lowest BCUT2D eigenvalue weighted by Crippen LogP contribution is -2.50. The number of carbonyl (C=O) groups excluding carboxylic acids is 1. The molecule has 1 aliphatic rings. The highest BCUT2D eigenvalue weighted by Crippen LogP contribution is 2.20. The van der Waals surface area contributed by atoms with Crippen LogP contribution in [0.4, 0.5) is 5.69 Å². The molecular formula is C16H20ClN5O. The molecule has 0 unspecified atom stereocenters. The molecule has 1 saturated heterocycles. The molecule has 0 radical (unpaired) electrons. The van der Waals surface area contributed by atoms with E-state index in [0.717, 1.165) is 42.6 Å². The van der Waals surface area contributed by atoms with Crippen LogP contribution in [0, 0.1) is 0 Å². The van der Waals surface area contributed by atoms with Gasteiger partial charge in [-0.1, -0.05) is 17.7 Å². The molecule has 2 heterocycles. The molecular weight excluding hydrogens is 314 g/mol. The summed E-state index contributed by atoms with van der Waals surface area (Å²) in [6, 6.07) is 9.73. The van der Waals surface area contributed by atoms with Crippen LogP contribution in [-0.2, 0) is 11.3 Å². The van der Waals surface area contributed by atoms with Crippen molar-refractivity contribution in [3.8, 4) is 0 Å². The molecule has 1 amide bonds. The van der Waals surface area contributed by atoms with E-state index in [9.17, 15) is 4.79 Å². The van der Waals surface area contributed by atoms with Crippen LogP contribution < -0.4 is 10.2 Å². The van der Waals surface area contributed by atoms with Crippen LogP contribution >= 0.6 is 11.6 Å². The topological polar surface area (TPSA) is 64.3 Å². The Morgan fingerprint density at radius 2 is 2.09 bits per heavy atom. The van der Waals surface area contributed by atoms with Gasteiger partial charge in [0.15, 0.2) is 0 Å². The number of anilines is 1. The maximum Gasteiger partial charge on any atom is 0.236 e. The van der Waals surface area contributed by atoms with Crippen molar-refractivity contribution in [3.63, 3.8) is 0 Å². The fourth-order valence-corrected chi connectivity index (χ4v) is 2.87. The second kappa shape index (κ2) is 7.48. The molecule has 0 atom stereocenters. The van der Waals surface area contributed by atoms with Gasteiger partial charge in [-0.25, -0.2) is 0 Å². The molecule has 1 aromatic carbocycles. The van der Waals surface area contributed by atoms with E-state index in [1.807, 2.05) is 29.2 Å². The van der Waals surface area contributed by atoms with Crippen LogP contribution in [-0.4, -0.2) is 53.7 Å². The first-order valence-corrected chi connectivity index (χ1v) is 8.07. The minimum atomic E-state index is 0.134. The van der Waals surface area contributed by atoms with Gasteiger partial charge in [-0.3, -0.25) is 9.89 Å². The number of H-pyrrole nitrogens is 1. The van der Waals surface area contributed by atoms with Gasteiger partial charge in [0.05, 0.1) is 6.54 Å². The summed E-state index contributed by atoms with van der Waals surface area (Å²) in [5.41, 5.74) is 2.09. The van der Waals surface area contributed by atoms with Crippen molar-refractivity contribution in [3.05, 3.63) is 47.2 Å². The number of hydrogen-bond acceptors (Lipinski definition) is 4. The summed E-state index contributed by atoms with van der Waals surface area (Å²) in [6.45, 7) is 4.08. The minimum Gasteiger partial charge on any atom is -0.368 e. The fourth-order valence-electron chi connectivity index (χ4n) is 2.69. The van der Waals surface area contributed by atoms with Crippen molar-refractivity contribution < 1.29 is 4.79 Å². The molecule has 3 rings (SSSR count). The predicted molar refractivity (Wildman–Crippen MR) is 90.5 cm³/mol. The maximum atomic E-state index is 12.2. The van der Waals surface area contributed by atoms with E-state index in [1.54, 1.807) is 6.20 Å². The van der Waals surface area contributed by atoms with Crippen molar-refractivity contribution >= 4 is 23.2 Å². The van der Waals surface area contributed by atoms with Crippen LogP contribution in [0.5, 0.6) is 0 Å². The molecule has 2 aromatic rings. The zero-order valence-electron chi connectivity index (χ0n) is 12.8. The first-order valence-electron chi connectivity index (χ1n) is 7.69. The number of halogens is 1. The van der Waals surface area contributed by atoms with Crippen LogP contribution in [0.15, 0.2) is 36.5 Å². The Labute approximate surface area is 140 Å². The first-order chi connectivity index (χ1) is 11.2. The number of rotatable bonds is 5. The van der Waals surface area contributed by atoms with E-state index in [4.69, 9.17) is 11.6 Å². The van der Waals surface area contributed by atoms with Gasteiger partial charge >= 0.3 is 0 Å². The van der Waals surface area contributed by atoms with Crippen LogP contribution in [0.25, 0.3) is 0 Å². The first kappa shape index (κ1) is 15.8. The number of carbonyl (C=O) groups is 1. The highest BCUT2D eigenvalue weighted by Gasteiger charge is 2.21. The molecule has 0 aliphatic carbocycles. The third-order valence-corrected chi connectivity index (χ3v) is 4.19. The summed E-state index contributed by atoms with van der Waals surface area (Å²) >= 11 is 6.04. The average molecular weight is 334 g/mol. The normalized spacial score (nSPS) is 15.0. The van der Waals surface area contributed by atoms with Crippen LogP contribution in [0.3, 0.4) is 0 Å². The van der Waals surface area contributed by atoms with Gasteiger partial charge in [0.25, 0.3) is 0 Å². The van der Waals surface area contributed by atoms with Crippen molar-refractivity contribution in [2.75, 3.05) is 37.6 Å². The number of nitrogens with one attached hydrogen (secondary N) is 2. The van der Waals surface area contributed by atoms with Crippen LogP contribution in [0.2, 0.25) is 5.02 Å². The zero-order chi connectivity index (χ0) is 16.1. The van der Waals surface area contributed by atoms with Crippen molar-refractivity contribution in [2.45, 2.75) is 6.54 Å². The van der Waals surface area contributed by atoms with Gasteiger partial charge in [-0.05, 0) is 24.3 Å². The number of benzene rings is 1. The standard InChI is InChI=1S/C16H20ClN5O/c17-13-2-1-3-15(10-13)21-6-8-22(9-7-21)16(23)12-18-11-14-4-5-19-20-14/h1-5,10,18H,6-9,11-12H2,(H,19,20). The Balaban J connectivity index is 1.44. The van der Waals surface area contributed by atoms with Gasteiger partial charge < -0.3 is 15.1 Å². The number of aromatic amines is 1. The number of amides is 1. The van der Waals surface area contributed by atoms with Crippen molar-refractivity contribution in [2.24, 2.45) is 0 Å².